The molecule has 0 bridgehead atoms. The Labute approximate surface area is 122 Å². The molecule has 3 heteroatoms. The fraction of sp³-hybridized carbons (Fsp3) is 0.647. The first-order valence-electron chi connectivity index (χ1n) is 7.89. The lowest BCUT2D eigenvalue weighted by Gasteiger charge is -2.23. The average molecular weight is 274 g/mol. The molecule has 0 aromatic heterocycles. The van der Waals surface area contributed by atoms with Gasteiger partial charge in [0.2, 0.25) is 0 Å². The molecule has 1 saturated heterocycles. The summed E-state index contributed by atoms with van der Waals surface area (Å²) < 4.78 is 0. The number of benzene rings is 1. The van der Waals surface area contributed by atoms with Crippen molar-refractivity contribution in [2.45, 2.75) is 51.8 Å². The molecule has 1 heterocycles. The van der Waals surface area contributed by atoms with Gasteiger partial charge in [-0.3, -0.25) is 0 Å². The maximum atomic E-state index is 9.78. The molecule has 2 unspecified atom stereocenters. The Morgan fingerprint density at radius 1 is 1.35 bits per heavy atom. The second kappa shape index (κ2) is 5.74. The molecule has 1 aliphatic carbocycles. The first-order valence-corrected chi connectivity index (χ1v) is 7.89. The topological polar surface area (TPSA) is 35.5 Å². The van der Waals surface area contributed by atoms with E-state index in [1.807, 2.05) is 6.92 Å². The van der Waals surface area contributed by atoms with Crippen LogP contribution in [0.5, 0.6) is 0 Å². The van der Waals surface area contributed by atoms with E-state index < -0.39 is 0 Å². The summed E-state index contributed by atoms with van der Waals surface area (Å²) in [6.45, 7) is 7.09. The van der Waals surface area contributed by atoms with Crippen molar-refractivity contribution < 1.29 is 5.11 Å². The number of aliphatic hydroxyl groups is 1. The molecule has 3 nitrogen and oxygen atoms in total. The Morgan fingerprint density at radius 2 is 2.15 bits per heavy atom. The zero-order valence-corrected chi connectivity index (χ0v) is 12.6. The van der Waals surface area contributed by atoms with E-state index >= 15 is 0 Å². The maximum absolute atomic E-state index is 9.78. The predicted octanol–water partition coefficient (Wildman–Crippen LogP) is 2.45. The minimum absolute atomic E-state index is 0.196. The van der Waals surface area contributed by atoms with Crippen LogP contribution in [0.15, 0.2) is 18.2 Å². The molecule has 3 rings (SSSR count). The number of rotatable bonds is 5. The number of anilines is 1. The van der Waals surface area contributed by atoms with Gasteiger partial charge in [-0.1, -0.05) is 17.7 Å². The van der Waals surface area contributed by atoms with Gasteiger partial charge in [-0.25, -0.2) is 0 Å². The average Bonchev–Trinajstić information content (AvgIpc) is 3.11. The molecular formula is C17H26N2O. The Hall–Kier alpha value is -1.06. The lowest BCUT2D eigenvalue weighted by molar-refractivity contribution is 0.136. The van der Waals surface area contributed by atoms with E-state index in [9.17, 15) is 5.11 Å². The second-order valence-electron chi connectivity index (χ2n) is 6.52. The fourth-order valence-electron chi connectivity index (χ4n) is 3.11. The van der Waals surface area contributed by atoms with E-state index in [0.29, 0.717) is 5.92 Å². The molecule has 1 saturated carbocycles. The molecule has 1 aromatic rings. The molecule has 110 valence electrons. The van der Waals surface area contributed by atoms with Crippen molar-refractivity contribution >= 4 is 5.69 Å². The summed E-state index contributed by atoms with van der Waals surface area (Å²) in [6, 6.07) is 7.50. The Bertz CT molecular complexity index is 468. The summed E-state index contributed by atoms with van der Waals surface area (Å²) in [7, 11) is 0. The molecule has 2 aliphatic rings. The van der Waals surface area contributed by atoms with E-state index in [1.165, 1.54) is 29.7 Å². The molecule has 1 aliphatic heterocycles. The molecule has 2 N–H and O–H groups in total. The van der Waals surface area contributed by atoms with Crippen LogP contribution in [-0.4, -0.2) is 30.3 Å². The van der Waals surface area contributed by atoms with E-state index in [-0.39, 0.29) is 6.10 Å². The van der Waals surface area contributed by atoms with Crippen LogP contribution in [0.25, 0.3) is 0 Å². The van der Waals surface area contributed by atoms with Crippen LogP contribution in [0, 0.1) is 12.8 Å². The van der Waals surface area contributed by atoms with Crippen LogP contribution in [0.4, 0.5) is 5.69 Å². The molecule has 1 aromatic carbocycles. The third kappa shape index (κ3) is 3.15. The van der Waals surface area contributed by atoms with E-state index in [1.54, 1.807) is 0 Å². The van der Waals surface area contributed by atoms with Crippen LogP contribution < -0.4 is 10.2 Å². The second-order valence-corrected chi connectivity index (χ2v) is 6.52. The van der Waals surface area contributed by atoms with Crippen LogP contribution in [0.2, 0.25) is 0 Å². The molecule has 0 spiro atoms. The van der Waals surface area contributed by atoms with E-state index in [4.69, 9.17) is 0 Å². The highest BCUT2D eigenvalue weighted by Gasteiger charge is 2.27. The quantitative estimate of drug-likeness (QED) is 0.866. The molecule has 0 amide bonds. The number of nitrogens with zero attached hydrogens (tertiary/aromatic N) is 1. The van der Waals surface area contributed by atoms with Gasteiger partial charge in [0.05, 0.1) is 6.10 Å². The molecular weight excluding hydrogens is 248 g/mol. The van der Waals surface area contributed by atoms with Crippen molar-refractivity contribution in [3.63, 3.8) is 0 Å². The van der Waals surface area contributed by atoms with Gasteiger partial charge in [-0.2, -0.15) is 0 Å². The SMILES string of the molecule is Cc1ccc(N2CCC(C(C)O)C2)c(CNC2CC2)c1. The Kier molecular flexibility index (Phi) is 3.99. The highest BCUT2D eigenvalue weighted by molar-refractivity contribution is 5.55. The monoisotopic (exact) mass is 274 g/mol. The first kappa shape index (κ1) is 13.9. The van der Waals surface area contributed by atoms with Crippen LogP contribution in [0.3, 0.4) is 0 Å². The van der Waals surface area contributed by atoms with Crippen molar-refractivity contribution in [3.8, 4) is 0 Å². The third-order valence-electron chi connectivity index (χ3n) is 4.64. The highest BCUT2D eigenvalue weighted by Crippen LogP contribution is 2.30. The highest BCUT2D eigenvalue weighted by atomic mass is 16.3. The Balaban J connectivity index is 1.74. The summed E-state index contributed by atoms with van der Waals surface area (Å²) in [4.78, 5) is 2.45. The molecule has 2 fully saturated rings. The van der Waals surface area contributed by atoms with Crippen molar-refractivity contribution in [1.29, 1.82) is 0 Å². The normalized spacial score (nSPS) is 24.1. The predicted molar refractivity (Wildman–Crippen MR) is 83.0 cm³/mol. The van der Waals surface area contributed by atoms with Gasteiger partial charge in [-0.05, 0) is 44.7 Å². The summed E-state index contributed by atoms with van der Waals surface area (Å²) in [5.74, 6) is 0.417. The lowest BCUT2D eigenvalue weighted by atomic mass is 10.0. The van der Waals surface area contributed by atoms with Crippen molar-refractivity contribution in [3.05, 3.63) is 29.3 Å². The van der Waals surface area contributed by atoms with Gasteiger partial charge >= 0.3 is 0 Å². The molecule has 2 atom stereocenters. The number of aliphatic hydroxyl groups excluding tert-OH is 1. The van der Waals surface area contributed by atoms with Crippen molar-refractivity contribution in [1.82, 2.24) is 5.32 Å². The van der Waals surface area contributed by atoms with Crippen LogP contribution in [-0.2, 0) is 6.54 Å². The number of hydrogen-bond donors (Lipinski definition) is 2. The smallest absolute Gasteiger partial charge is 0.0557 e. The standard InChI is InChI=1S/C17H26N2O/c1-12-3-6-17(15(9-12)10-18-16-4-5-16)19-8-7-14(11-19)13(2)20/h3,6,9,13-14,16,18,20H,4-5,7-8,10-11H2,1-2H3. The maximum Gasteiger partial charge on any atom is 0.0557 e. The van der Waals surface area contributed by atoms with Crippen molar-refractivity contribution in [2.24, 2.45) is 5.92 Å². The van der Waals surface area contributed by atoms with Crippen LogP contribution >= 0.6 is 0 Å². The minimum atomic E-state index is -0.196. The summed E-state index contributed by atoms with van der Waals surface area (Å²) in [5.41, 5.74) is 4.09. The lowest BCUT2D eigenvalue weighted by Crippen LogP contribution is -2.26. The van der Waals surface area contributed by atoms with Gasteiger partial charge in [0.1, 0.15) is 0 Å². The van der Waals surface area contributed by atoms with E-state index in [2.05, 4.69) is 35.3 Å². The molecule has 20 heavy (non-hydrogen) atoms. The van der Waals surface area contributed by atoms with Gasteiger partial charge in [0, 0.05) is 37.3 Å². The molecule has 0 radical (unpaired) electrons. The van der Waals surface area contributed by atoms with Gasteiger partial charge in [-0.15, -0.1) is 0 Å². The number of aryl methyl sites for hydroxylation is 1. The third-order valence-corrected chi connectivity index (χ3v) is 4.64. The first-order chi connectivity index (χ1) is 9.63. The summed E-state index contributed by atoms with van der Waals surface area (Å²) in [6.07, 6.45) is 3.56. The van der Waals surface area contributed by atoms with E-state index in [0.717, 1.165) is 32.1 Å². The summed E-state index contributed by atoms with van der Waals surface area (Å²) in [5, 5.41) is 13.4. The largest absolute Gasteiger partial charge is 0.393 e. The zero-order chi connectivity index (χ0) is 14.1. The fourth-order valence-corrected chi connectivity index (χ4v) is 3.11. The van der Waals surface area contributed by atoms with Gasteiger partial charge < -0.3 is 15.3 Å². The minimum Gasteiger partial charge on any atom is -0.393 e. The summed E-state index contributed by atoms with van der Waals surface area (Å²) >= 11 is 0. The van der Waals surface area contributed by atoms with Crippen LogP contribution in [0.1, 0.15) is 37.3 Å². The number of hydrogen-bond acceptors (Lipinski definition) is 3. The number of nitrogens with one attached hydrogen (secondary N) is 1. The van der Waals surface area contributed by atoms with Gasteiger partial charge in [0.15, 0.2) is 0 Å². The van der Waals surface area contributed by atoms with Crippen molar-refractivity contribution in [2.75, 3.05) is 18.0 Å². The zero-order valence-electron chi connectivity index (χ0n) is 12.6. The Morgan fingerprint density at radius 3 is 2.80 bits per heavy atom. The van der Waals surface area contributed by atoms with Gasteiger partial charge in [0.25, 0.3) is 0 Å².